The standard InChI is InChI=1S/C12H16O2/c1-3-7-12(10(2)13)14-11-8-5-4-6-9-11/h3-6,8-10,12-13H,1,7H2,2H3. The molecule has 0 saturated heterocycles. The van der Waals surface area contributed by atoms with Crippen molar-refractivity contribution in [2.24, 2.45) is 0 Å². The molecule has 2 unspecified atom stereocenters. The third-order valence-electron chi connectivity index (χ3n) is 1.97. The van der Waals surface area contributed by atoms with Gasteiger partial charge in [0.1, 0.15) is 11.9 Å². The highest BCUT2D eigenvalue weighted by Gasteiger charge is 2.14. The maximum absolute atomic E-state index is 9.43. The molecule has 1 aromatic rings. The summed E-state index contributed by atoms with van der Waals surface area (Å²) < 4.78 is 5.60. The first kappa shape index (κ1) is 10.8. The van der Waals surface area contributed by atoms with Crippen molar-refractivity contribution < 1.29 is 9.84 Å². The fourth-order valence-electron chi connectivity index (χ4n) is 1.18. The molecule has 14 heavy (non-hydrogen) atoms. The molecule has 0 radical (unpaired) electrons. The van der Waals surface area contributed by atoms with Crippen molar-refractivity contribution in [1.29, 1.82) is 0 Å². The van der Waals surface area contributed by atoms with Gasteiger partial charge in [-0.1, -0.05) is 24.3 Å². The second-order valence-electron chi connectivity index (χ2n) is 3.23. The molecule has 1 rings (SSSR count). The summed E-state index contributed by atoms with van der Waals surface area (Å²) in [5.74, 6) is 0.778. The molecule has 2 nitrogen and oxygen atoms in total. The third-order valence-corrected chi connectivity index (χ3v) is 1.97. The number of hydrogen-bond acceptors (Lipinski definition) is 2. The van der Waals surface area contributed by atoms with Crippen molar-refractivity contribution in [3.05, 3.63) is 43.0 Å². The third kappa shape index (κ3) is 3.23. The largest absolute Gasteiger partial charge is 0.487 e. The van der Waals surface area contributed by atoms with Crippen molar-refractivity contribution in [2.75, 3.05) is 0 Å². The predicted octanol–water partition coefficient (Wildman–Crippen LogP) is 2.39. The highest BCUT2D eigenvalue weighted by atomic mass is 16.5. The normalized spacial score (nSPS) is 14.4. The lowest BCUT2D eigenvalue weighted by atomic mass is 10.1. The summed E-state index contributed by atoms with van der Waals surface area (Å²) in [5, 5.41) is 9.43. The average molecular weight is 192 g/mol. The summed E-state index contributed by atoms with van der Waals surface area (Å²) in [6, 6.07) is 9.49. The van der Waals surface area contributed by atoms with Crippen molar-refractivity contribution in [1.82, 2.24) is 0 Å². The number of ether oxygens (including phenoxy) is 1. The lowest BCUT2D eigenvalue weighted by Gasteiger charge is -2.20. The fourth-order valence-corrected chi connectivity index (χ4v) is 1.18. The second kappa shape index (κ2) is 5.45. The minimum absolute atomic E-state index is 0.213. The molecule has 0 bridgehead atoms. The quantitative estimate of drug-likeness (QED) is 0.726. The molecule has 0 spiro atoms. The molecule has 0 heterocycles. The smallest absolute Gasteiger partial charge is 0.128 e. The molecule has 0 aliphatic heterocycles. The fraction of sp³-hybridized carbons (Fsp3) is 0.333. The average Bonchev–Trinajstić information content (AvgIpc) is 2.18. The van der Waals surface area contributed by atoms with Gasteiger partial charge in [0.2, 0.25) is 0 Å². The first-order valence-corrected chi connectivity index (χ1v) is 4.74. The maximum Gasteiger partial charge on any atom is 0.128 e. The van der Waals surface area contributed by atoms with Crippen LogP contribution in [0.25, 0.3) is 0 Å². The number of benzene rings is 1. The summed E-state index contributed by atoms with van der Waals surface area (Å²) in [6.07, 6.45) is 1.69. The molecule has 0 fully saturated rings. The van der Waals surface area contributed by atoms with Crippen molar-refractivity contribution in [3.8, 4) is 5.75 Å². The van der Waals surface area contributed by atoms with E-state index in [2.05, 4.69) is 6.58 Å². The SMILES string of the molecule is C=CCC(Oc1ccccc1)C(C)O. The van der Waals surface area contributed by atoms with Gasteiger partial charge in [0.05, 0.1) is 6.10 Å². The van der Waals surface area contributed by atoms with E-state index in [1.54, 1.807) is 13.0 Å². The molecule has 76 valence electrons. The number of hydrogen-bond donors (Lipinski definition) is 1. The molecule has 2 heteroatoms. The van der Waals surface area contributed by atoms with Gasteiger partial charge < -0.3 is 9.84 Å². The van der Waals surface area contributed by atoms with Crippen molar-refractivity contribution in [3.63, 3.8) is 0 Å². The summed E-state index contributed by atoms with van der Waals surface area (Å²) in [5.41, 5.74) is 0. The van der Waals surface area contributed by atoms with E-state index in [0.29, 0.717) is 6.42 Å². The van der Waals surface area contributed by atoms with E-state index in [9.17, 15) is 5.11 Å². The van der Waals surface area contributed by atoms with Crippen LogP contribution in [0.4, 0.5) is 0 Å². The van der Waals surface area contributed by atoms with Crippen LogP contribution in [-0.2, 0) is 0 Å². The number of rotatable bonds is 5. The Hall–Kier alpha value is -1.28. The van der Waals surface area contributed by atoms with Crippen LogP contribution in [0, 0.1) is 0 Å². The Kier molecular flexibility index (Phi) is 4.20. The Bertz CT molecular complexity index is 267. The molecular formula is C12H16O2. The lowest BCUT2D eigenvalue weighted by Crippen LogP contribution is -2.28. The van der Waals surface area contributed by atoms with E-state index in [1.807, 2.05) is 30.3 Å². The van der Waals surface area contributed by atoms with Gasteiger partial charge in [-0.3, -0.25) is 0 Å². The highest BCUT2D eigenvalue weighted by Crippen LogP contribution is 2.14. The van der Waals surface area contributed by atoms with E-state index in [0.717, 1.165) is 5.75 Å². The van der Waals surface area contributed by atoms with E-state index in [1.165, 1.54) is 0 Å². The zero-order valence-corrected chi connectivity index (χ0v) is 8.39. The summed E-state index contributed by atoms with van der Waals surface area (Å²) in [6.45, 7) is 5.35. The highest BCUT2D eigenvalue weighted by molar-refractivity contribution is 5.21. The number of para-hydroxylation sites is 1. The molecular weight excluding hydrogens is 176 g/mol. The van der Waals surface area contributed by atoms with Gasteiger partial charge in [-0.15, -0.1) is 6.58 Å². The van der Waals surface area contributed by atoms with Crippen LogP contribution in [0.3, 0.4) is 0 Å². The Labute approximate surface area is 84.8 Å². The van der Waals surface area contributed by atoms with Crippen molar-refractivity contribution in [2.45, 2.75) is 25.6 Å². The van der Waals surface area contributed by atoms with Gasteiger partial charge in [0, 0.05) is 6.42 Å². The lowest BCUT2D eigenvalue weighted by molar-refractivity contribution is 0.0507. The zero-order valence-electron chi connectivity index (χ0n) is 8.39. The monoisotopic (exact) mass is 192 g/mol. The van der Waals surface area contributed by atoms with E-state index in [4.69, 9.17) is 4.74 Å². The molecule has 0 aliphatic carbocycles. The molecule has 0 aromatic heterocycles. The predicted molar refractivity (Wildman–Crippen MR) is 57.4 cm³/mol. The second-order valence-corrected chi connectivity index (χ2v) is 3.23. The molecule has 1 aromatic carbocycles. The Balaban J connectivity index is 2.60. The van der Waals surface area contributed by atoms with Crippen molar-refractivity contribution >= 4 is 0 Å². The van der Waals surface area contributed by atoms with Crippen LogP contribution in [0.1, 0.15) is 13.3 Å². The minimum Gasteiger partial charge on any atom is -0.487 e. The molecule has 1 N–H and O–H groups in total. The summed E-state index contributed by atoms with van der Waals surface area (Å²) in [7, 11) is 0. The van der Waals surface area contributed by atoms with Gasteiger partial charge in [0.15, 0.2) is 0 Å². The Morgan fingerprint density at radius 3 is 2.57 bits per heavy atom. The van der Waals surface area contributed by atoms with E-state index < -0.39 is 6.10 Å². The van der Waals surface area contributed by atoms with Crippen LogP contribution in [0.15, 0.2) is 43.0 Å². The number of aliphatic hydroxyl groups is 1. The van der Waals surface area contributed by atoms with Gasteiger partial charge >= 0.3 is 0 Å². The molecule has 0 saturated carbocycles. The van der Waals surface area contributed by atoms with Crippen LogP contribution in [0.5, 0.6) is 5.75 Å². The summed E-state index contributed by atoms with van der Waals surface area (Å²) >= 11 is 0. The maximum atomic E-state index is 9.43. The van der Waals surface area contributed by atoms with Gasteiger partial charge in [0.25, 0.3) is 0 Å². The van der Waals surface area contributed by atoms with Gasteiger partial charge in [-0.05, 0) is 19.1 Å². The summed E-state index contributed by atoms with van der Waals surface area (Å²) in [4.78, 5) is 0. The van der Waals surface area contributed by atoms with E-state index >= 15 is 0 Å². The van der Waals surface area contributed by atoms with Crippen LogP contribution in [-0.4, -0.2) is 17.3 Å². The van der Waals surface area contributed by atoms with Gasteiger partial charge in [-0.25, -0.2) is 0 Å². The molecule has 2 atom stereocenters. The van der Waals surface area contributed by atoms with Crippen LogP contribution < -0.4 is 4.74 Å². The Morgan fingerprint density at radius 2 is 2.07 bits per heavy atom. The molecule has 0 amide bonds. The van der Waals surface area contributed by atoms with Gasteiger partial charge in [-0.2, -0.15) is 0 Å². The first-order valence-electron chi connectivity index (χ1n) is 4.74. The minimum atomic E-state index is -0.492. The van der Waals surface area contributed by atoms with Crippen LogP contribution in [0.2, 0.25) is 0 Å². The van der Waals surface area contributed by atoms with Crippen LogP contribution >= 0.6 is 0 Å². The zero-order chi connectivity index (χ0) is 10.4. The topological polar surface area (TPSA) is 29.5 Å². The van der Waals surface area contributed by atoms with E-state index in [-0.39, 0.29) is 6.10 Å². The Morgan fingerprint density at radius 1 is 1.43 bits per heavy atom. The number of aliphatic hydroxyl groups excluding tert-OH is 1. The molecule has 0 aliphatic rings. The first-order chi connectivity index (χ1) is 6.74.